The Balaban J connectivity index is 1.41. The number of rotatable bonds is 7. The summed E-state index contributed by atoms with van der Waals surface area (Å²) in [4.78, 5) is 37.4. The van der Waals surface area contributed by atoms with E-state index in [9.17, 15) is 23.3 Å². The fourth-order valence-electron chi connectivity index (χ4n) is 6.25. The number of esters is 1. The second-order valence-corrected chi connectivity index (χ2v) is 14.8. The Kier molecular flexibility index (Phi) is 8.34. The molecule has 15 heteroatoms. The molecule has 49 heavy (non-hydrogen) atoms. The topological polar surface area (TPSA) is 148 Å². The quantitative estimate of drug-likeness (QED) is 0.232. The van der Waals surface area contributed by atoms with Gasteiger partial charge in [-0.3, -0.25) is 4.90 Å². The summed E-state index contributed by atoms with van der Waals surface area (Å²) in [6.45, 7) is 9.23. The fraction of sp³-hybridized carbons (Fsp3) is 0.382. The van der Waals surface area contributed by atoms with Crippen molar-refractivity contribution in [3.63, 3.8) is 0 Å². The van der Waals surface area contributed by atoms with Crippen molar-refractivity contribution in [1.82, 2.24) is 18.8 Å². The predicted molar refractivity (Wildman–Crippen MR) is 174 cm³/mol. The van der Waals surface area contributed by atoms with Crippen molar-refractivity contribution in [2.45, 2.75) is 69.5 Å². The van der Waals surface area contributed by atoms with E-state index in [-0.39, 0.29) is 46.2 Å². The Morgan fingerprint density at radius 1 is 1.04 bits per heavy atom. The molecule has 4 aromatic rings. The zero-order valence-electron chi connectivity index (χ0n) is 27.5. The van der Waals surface area contributed by atoms with Crippen LogP contribution in [0.5, 0.6) is 0 Å². The lowest BCUT2D eigenvalue weighted by atomic mass is 9.88. The summed E-state index contributed by atoms with van der Waals surface area (Å²) in [5.74, 6) is -5.74. The maximum absolute atomic E-state index is 15.8. The summed E-state index contributed by atoms with van der Waals surface area (Å²) in [5.41, 5.74) is -1.03. The Hall–Kier alpha value is -5.10. The van der Waals surface area contributed by atoms with E-state index in [0.29, 0.717) is 28.4 Å². The summed E-state index contributed by atoms with van der Waals surface area (Å²) in [5, 5.41) is 9.92. The average molecular weight is 693 g/mol. The molecule has 256 valence electrons. The van der Waals surface area contributed by atoms with Crippen LogP contribution >= 0.6 is 0 Å². The number of pyridine rings is 2. The van der Waals surface area contributed by atoms with Gasteiger partial charge in [0, 0.05) is 42.0 Å². The first-order chi connectivity index (χ1) is 23.1. The Morgan fingerprint density at radius 2 is 1.71 bits per heavy atom. The number of nitriles is 1. The van der Waals surface area contributed by atoms with Crippen molar-refractivity contribution in [2.24, 2.45) is 0 Å². The molecule has 3 aliphatic rings. The van der Waals surface area contributed by atoms with Crippen LogP contribution < -0.4 is 4.90 Å². The van der Waals surface area contributed by atoms with Crippen LogP contribution in [-0.2, 0) is 30.2 Å². The van der Waals surface area contributed by atoms with Crippen molar-refractivity contribution in [3.8, 4) is 17.2 Å². The fourth-order valence-corrected chi connectivity index (χ4v) is 7.74. The van der Waals surface area contributed by atoms with Gasteiger partial charge in [-0.2, -0.15) is 14.0 Å². The van der Waals surface area contributed by atoms with Crippen molar-refractivity contribution in [1.29, 1.82) is 5.26 Å². The number of hydrogen-bond acceptors (Lipinski definition) is 10. The molecule has 2 bridgehead atoms. The number of piperidine rings is 1. The number of nitrogens with zero attached hydrogens (tertiary/aromatic N) is 6. The number of anilines is 1. The molecule has 3 fully saturated rings. The normalized spacial score (nSPS) is 17.8. The molecule has 0 aliphatic carbocycles. The molecule has 0 saturated carbocycles. The number of halogens is 2. The van der Waals surface area contributed by atoms with Crippen molar-refractivity contribution in [3.05, 3.63) is 71.7 Å². The summed E-state index contributed by atoms with van der Waals surface area (Å²) in [7, 11) is -4.74. The van der Waals surface area contributed by atoms with E-state index < -0.39 is 38.9 Å². The number of aromatic nitrogens is 3. The lowest BCUT2D eigenvalue weighted by Crippen LogP contribution is -2.70. The highest BCUT2D eigenvalue weighted by Crippen LogP contribution is 2.41. The third-order valence-electron chi connectivity index (χ3n) is 8.48. The van der Waals surface area contributed by atoms with Crippen LogP contribution in [0.4, 0.5) is 19.4 Å². The summed E-state index contributed by atoms with van der Waals surface area (Å²) >= 11 is 0. The number of carbonyl (C=O) groups is 2. The van der Waals surface area contributed by atoms with Crippen LogP contribution in [0.3, 0.4) is 0 Å². The molecule has 1 amide bonds. The number of ether oxygens (including phenoxy) is 2. The Morgan fingerprint density at radius 3 is 2.29 bits per heavy atom. The Labute approximate surface area is 281 Å². The molecule has 0 N–H and O–H groups in total. The van der Waals surface area contributed by atoms with Gasteiger partial charge in [0.25, 0.3) is 10.0 Å². The van der Waals surface area contributed by atoms with Crippen molar-refractivity contribution < 1.29 is 36.3 Å². The highest BCUT2D eigenvalue weighted by molar-refractivity contribution is 7.90. The van der Waals surface area contributed by atoms with Gasteiger partial charge in [-0.05, 0) is 71.4 Å². The standard InChI is InChI=1S/C34H34F2N6O6S/c1-6-47-31(43)34(35,36)27-14-26-29(22(15-37)17-39-30(26)42(27)49(45,46)25-10-7-20(2)8-11-25)21-9-12-28(38-16-21)40-18-23-13-24(19-40)41(23)32(44)48-33(3,4)5/h7-12,14,16-17,23-24H,6,13,18-19H2,1-5H3. The number of aryl methyl sites for hydroxylation is 1. The zero-order chi connectivity index (χ0) is 35.5. The molecule has 3 saturated heterocycles. The number of piperazine rings is 1. The SMILES string of the molecule is CCOC(=O)C(F)(F)c1cc2c(-c3ccc(N4CC5CC(C4)N5C(=O)OC(C)(C)C)nc3)c(C#N)cnc2n1S(=O)(=O)c1ccc(C)cc1. The minimum Gasteiger partial charge on any atom is -0.461 e. The number of fused-ring (bicyclic) bond motifs is 3. The first-order valence-electron chi connectivity index (χ1n) is 15.6. The highest BCUT2D eigenvalue weighted by atomic mass is 32.2. The van der Waals surface area contributed by atoms with E-state index in [1.54, 1.807) is 24.0 Å². The number of amides is 1. The Bertz CT molecular complexity index is 2090. The van der Waals surface area contributed by atoms with E-state index in [1.165, 1.54) is 37.4 Å². The van der Waals surface area contributed by atoms with E-state index >= 15 is 8.78 Å². The van der Waals surface area contributed by atoms with Gasteiger partial charge in [0.1, 0.15) is 23.2 Å². The van der Waals surface area contributed by atoms with Gasteiger partial charge in [-0.15, -0.1) is 0 Å². The smallest absolute Gasteiger partial charge is 0.410 e. The van der Waals surface area contributed by atoms with Gasteiger partial charge in [-0.1, -0.05) is 17.7 Å². The maximum Gasteiger partial charge on any atom is 0.410 e. The number of carbonyl (C=O) groups excluding carboxylic acids is 2. The monoisotopic (exact) mass is 692 g/mol. The molecule has 6 heterocycles. The number of benzene rings is 1. The second kappa shape index (κ2) is 12.1. The first kappa shape index (κ1) is 33.8. The molecule has 2 unspecified atom stereocenters. The van der Waals surface area contributed by atoms with Crippen LogP contribution in [0.2, 0.25) is 0 Å². The van der Waals surface area contributed by atoms with E-state index in [0.717, 1.165) is 24.2 Å². The molecule has 1 aromatic carbocycles. The van der Waals surface area contributed by atoms with Crippen molar-refractivity contribution >= 4 is 38.9 Å². The summed E-state index contributed by atoms with van der Waals surface area (Å²) in [6.07, 6.45) is 3.05. The largest absolute Gasteiger partial charge is 0.461 e. The average Bonchev–Trinajstić information content (AvgIpc) is 3.45. The van der Waals surface area contributed by atoms with Crippen LogP contribution in [0.25, 0.3) is 22.2 Å². The molecular formula is C34H34F2N6O6S. The molecule has 3 aliphatic heterocycles. The lowest BCUT2D eigenvalue weighted by molar-refractivity contribution is -0.173. The summed E-state index contributed by atoms with van der Waals surface area (Å²) in [6, 6.07) is 11.7. The number of hydrogen-bond donors (Lipinski definition) is 0. The second-order valence-electron chi connectivity index (χ2n) is 13.0. The van der Waals surface area contributed by atoms with E-state index in [4.69, 9.17) is 4.74 Å². The molecule has 0 radical (unpaired) electrons. The van der Waals surface area contributed by atoms with Crippen LogP contribution in [0.1, 0.15) is 50.9 Å². The predicted octanol–water partition coefficient (Wildman–Crippen LogP) is 5.37. The van der Waals surface area contributed by atoms with Gasteiger partial charge in [0.2, 0.25) is 0 Å². The minimum atomic E-state index is -4.74. The molecule has 7 rings (SSSR count). The van der Waals surface area contributed by atoms with Gasteiger partial charge >= 0.3 is 18.0 Å². The van der Waals surface area contributed by atoms with Crippen LogP contribution in [0, 0.1) is 18.3 Å². The molecule has 12 nitrogen and oxygen atoms in total. The van der Waals surface area contributed by atoms with Crippen LogP contribution in [0.15, 0.2) is 59.8 Å². The maximum atomic E-state index is 15.8. The van der Waals surface area contributed by atoms with Gasteiger partial charge in [-0.25, -0.2) is 31.9 Å². The molecule has 0 spiro atoms. The lowest BCUT2D eigenvalue weighted by Gasteiger charge is -2.56. The third-order valence-corrected chi connectivity index (χ3v) is 10.2. The van der Waals surface area contributed by atoms with Gasteiger partial charge in [0.05, 0.1) is 29.1 Å². The highest BCUT2D eigenvalue weighted by Gasteiger charge is 2.50. The summed E-state index contributed by atoms with van der Waals surface area (Å²) < 4.78 is 70.1. The van der Waals surface area contributed by atoms with Crippen LogP contribution in [-0.4, -0.2) is 76.7 Å². The minimum absolute atomic E-state index is 0.0230. The first-order valence-corrected chi connectivity index (χ1v) is 17.1. The molecule has 3 aromatic heterocycles. The van der Waals surface area contributed by atoms with Gasteiger partial charge < -0.3 is 14.4 Å². The third kappa shape index (κ3) is 5.94. The molecular weight excluding hydrogens is 658 g/mol. The molecule has 2 atom stereocenters. The van der Waals surface area contributed by atoms with E-state index in [1.807, 2.05) is 31.7 Å². The van der Waals surface area contributed by atoms with Crippen molar-refractivity contribution in [2.75, 3.05) is 24.6 Å². The number of alkyl halides is 2. The van der Waals surface area contributed by atoms with Gasteiger partial charge in [0.15, 0.2) is 5.65 Å². The van der Waals surface area contributed by atoms with E-state index in [2.05, 4.69) is 14.7 Å². The zero-order valence-corrected chi connectivity index (χ0v) is 28.3.